The van der Waals surface area contributed by atoms with Crippen molar-refractivity contribution in [1.82, 2.24) is 9.80 Å². The number of anilines is 1. The number of carbonyl (C=O) groups is 2. The zero-order valence-corrected chi connectivity index (χ0v) is 19.4. The van der Waals surface area contributed by atoms with Crippen molar-refractivity contribution in [1.29, 1.82) is 0 Å². The lowest BCUT2D eigenvalue weighted by Crippen LogP contribution is -2.50. The SMILES string of the molecule is CCN(CC(=O)Nc1ccccc1C(F)(F)F)C(=O)C(c1ccccc1)N1CCS(=O)(=O)CC1. The van der Waals surface area contributed by atoms with Gasteiger partial charge in [0.25, 0.3) is 0 Å². The Labute approximate surface area is 196 Å². The number of nitrogens with zero attached hydrogens (tertiary/aromatic N) is 2. The summed E-state index contributed by atoms with van der Waals surface area (Å²) in [5.74, 6) is -1.35. The van der Waals surface area contributed by atoms with Crippen LogP contribution in [0, 0.1) is 0 Å². The van der Waals surface area contributed by atoms with E-state index in [0.717, 1.165) is 12.1 Å². The molecule has 0 aromatic heterocycles. The molecular weight excluding hydrogens is 471 g/mol. The predicted octanol–water partition coefficient (Wildman–Crippen LogP) is 2.96. The molecule has 1 aliphatic rings. The van der Waals surface area contributed by atoms with E-state index in [1.54, 1.807) is 42.2 Å². The minimum atomic E-state index is -4.64. The quantitative estimate of drug-likeness (QED) is 0.636. The maximum atomic E-state index is 13.5. The molecule has 2 amide bonds. The summed E-state index contributed by atoms with van der Waals surface area (Å²) in [5.41, 5.74) is -0.716. The standard InChI is InChI=1S/C23H26F3N3O4S/c1-2-28(16-20(30)27-19-11-7-6-10-18(19)23(24,25)26)22(31)21(17-8-4-3-5-9-17)29-12-14-34(32,33)15-13-29/h3-11,21H,2,12-16H2,1H3,(H,27,30). The molecule has 184 valence electrons. The Balaban J connectivity index is 1.80. The van der Waals surface area contributed by atoms with Gasteiger partial charge >= 0.3 is 6.18 Å². The second-order valence-corrected chi connectivity index (χ2v) is 10.2. The number of likely N-dealkylation sites (N-methyl/N-ethyl adjacent to an activating group) is 1. The van der Waals surface area contributed by atoms with E-state index in [4.69, 9.17) is 0 Å². The van der Waals surface area contributed by atoms with Gasteiger partial charge in [0, 0.05) is 19.6 Å². The molecule has 3 rings (SSSR count). The number of halogens is 3. The van der Waals surface area contributed by atoms with E-state index < -0.39 is 46.0 Å². The molecule has 7 nitrogen and oxygen atoms in total. The highest BCUT2D eigenvalue weighted by Crippen LogP contribution is 2.34. The number of rotatable bonds is 7. The first-order valence-corrected chi connectivity index (χ1v) is 12.6. The summed E-state index contributed by atoms with van der Waals surface area (Å²) >= 11 is 0. The van der Waals surface area contributed by atoms with Crippen molar-refractivity contribution in [2.24, 2.45) is 0 Å². The largest absolute Gasteiger partial charge is 0.418 e. The summed E-state index contributed by atoms with van der Waals surface area (Å²) in [4.78, 5) is 29.2. The smallest absolute Gasteiger partial charge is 0.332 e. The molecule has 0 bridgehead atoms. The van der Waals surface area contributed by atoms with E-state index in [0.29, 0.717) is 5.56 Å². The number of carbonyl (C=O) groups excluding carboxylic acids is 2. The summed E-state index contributed by atoms with van der Waals surface area (Å²) in [6, 6.07) is 12.6. The summed E-state index contributed by atoms with van der Waals surface area (Å²) in [7, 11) is -3.18. The fourth-order valence-electron chi connectivity index (χ4n) is 3.85. The lowest BCUT2D eigenvalue weighted by atomic mass is 10.0. The highest BCUT2D eigenvalue weighted by molar-refractivity contribution is 7.91. The van der Waals surface area contributed by atoms with Crippen molar-refractivity contribution < 1.29 is 31.2 Å². The molecule has 1 N–H and O–H groups in total. The van der Waals surface area contributed by atoms with E-state index in [9.17, 15) is 31.2 Å². The van der Waals surface area contributed by atoms with E-state index in [-0.39, 0.29) is 36.8 Å². The molecule has 1 heterocycles. The number of alkyl halides is 3. The maximum absolute atomic E-state index is 13.5. The molecule has 0 radical (unpaired) electrons. The molecule has 0 saturated carbocycles. The third-order valence-electron chi connectivity index (χ3n) is 5.63. The van der Waals surface area contributed by atoms with Crippen LogP contribution in [0.5, 0.6) is 0 Å². The van der Waals surface area contributed by atoms with E-state index >= 15 is 0 Å². The maximum Gasteiger partial charge on any atom is 0.418 e. The molecule has 1 fully saturated rings. The molecule has 11 heteroatoms. The van der Waals surface area contributed by atoms with Crippen molar-refractivity contribution in [2.75, 3.05) is 43.0 Å². The molecule has 0 aliphatic carbocycles. The predicted molar refractivity (Wildman–Crippen MR) is 122 cm³/mol. The second kappa shape index (κ2) is 10.6. The first-order chi connectivity index (χ1) is 16.0. The molecular formula is C23H26F3N3O4S. The van der Waals surface area contributed by atoms with Crippen molar-refractivity contribution in [3.8, 4) is 0 Å². The third-order valence-corrected chi connectivity index (χ3v) is 7.24. The van der Waals surface area contributed by atoms with Crippen LogP contribution in [0.2, 0.25) is 0 Å². The van der Waals surface area contributed by atoms with Crippen molar-refractivity contribution in [3.63, 3.8) is 0 Å². The van der Waals surface area contributed by atoms with Crippen LogP contribution in [0.25, 0.3) is 0 Å². The Morgan fingerprint density at radius 2 is 1.62 bits per heavy atom. The fourth-order valence-corrected chi connectivity index (χ4v) is 5.08. The van der Waals surface area contributed by atoms with Crippen LogP contribution in [-0.2, 0) is 25.6 Å². The average molecular weight is 498 g/mol. The Morgan fingerprint density at radius 1 is 1.03 bits per heavy atom. The number of para-hydroxylation sites is 1. The van der Waals surface area contributed by atoms with E-state index in [2.05, 4.69) is 5.32 Å². The van der Waals surface area contributed by atoms with Gasteiger partial charge in [-0.15, -0.1) is 0 Å². The van der Waals surface area contributed by atoms with Gasteiger partial charge in [0.2, 0.25) is 11.8 Å². The molecule has 0 spiro atoms. The van der Waals surface area contributed by atoms with Gasteiger partial charge in [-0.05, 0) is 24.6 Å². The van der Waals surface area contributed by atoms with Gasteiger partial charge in [-0.3, -0.25) is 14.5 Å². The molecule has 2 aromatic carbocycles. The number of benzene rings is 2. The van der Waals surface area contributed by atoms with Crippen LogP contribution in [0.3, 0.4) is 0 Å². The topological polar surface area (TPSA) is 86.8 Å². The molecule has 1 unspecified atom stereocenters. The summed E-state index contributed by atoms with van der Waals surface area (Å²) < 4.78 is 63.5. The van der Waals surface area contributed by atoms with Crippen LogP contribution in [0.15, 0.2) is 54.6 Å². The normalized spacial score (nSPS) is 17.1. The lowest BCUT2D eigenvalue weighted by molar-refractivity contribution is -0.140. The van der Waals surface area contributed by atoms with Crippen molar-refractivity contribution in [2.45, 2.75) is 19.1 Å². The third kappa shape index (κ3) is 6.35. The zero-order chi connectivity index (χ0) is 24.9. The summed E-state index contributed by atoms with van der Waals surface area (Å²) in [5, 5.41) is 2.26. The van der Waals surface area contributed by atoms with Gasteiger partial charge in [-0.2, -0.15) is 13.2 Å². The fraction of sp³-hybridized carbons (Fsp3) is 0.391. The van der Waals surface area contributed by atoms with E-state index in [1.165, 1.54) is 17.0 Å². The number of hydrogen-bond acceptors (Lipinski definition) is 5. The number of nitrogens with one attached hydrogen (secondary N) is 1. The second-order valence-electron chi connectivity index (χ2n) is 7.94. The Morgan fingerprint density at radius 3 is 2.21 bits per heavy atom. The minimum absolute atomic E-state index is 0.0789. The molecule has 34 heavy (non-hydrogen) atoms. The number of hydrogen-bond donors (Lipinski definition) is 1. The molecule has 1 saturated heterocycles. The van der Waals surface area contributed by atoms with Crippen LogP contribution in [0.4, 0.5) is 18.9 Å². The molecule has 2 aromatic rings. The van der Waals surface area contributed by atoms with Crippen LogP contribution < -0.4 is 5.32 Å². The van der Waals surface area contributed by atoms with Crippen LogP contribution in [0.1, 0.15) is 24.1 Å². The Hall–Kier alpha value is -2.92. The minimum Gasteiger partial charge on any atom is -0.332 e. The highest BCUT2D eigenvalue weighted by atomic mass is 32.2. The van der Waals surface area contributed by atoms with Gasteiger partial charge in [0.15, 0.2) is 9.84 Å². The zero-order valence-electron chi connectivity index (χ0n) is 18.6. The number of sulfone groups is 1. The first kappa shape index (κ1) is 25.7. The van der Waals surface area contributed by atoms with Crippen molar-refractivity contribution >= 4 is 27.3 Å². The van der Waals surface area contributed by atoms with Gasteiger partial charge in [0.1, 0.15) is 6.04 Å². The highest BCUT2D eigenvalue weighted by Gasteiger charge is 2.36. The van der Waals surface area contributed by atoms with Crippen LogP contribution in [-0.4, -0.2) is 67.7 Å². The monoisotopic (exact) mass is 497 g/mol. The van der Waals surface area contributed by atoms with Gasteiger partial charge < -0.3 is 10.2 Å². The molecule has 1 atom stereocenters. The summed E-state index contributed by atoms with van der Waals surface area (Å²) in [6.07, 6.45) is -4.64. The van der Waals surface area contributed by atoms with Crippen LogP contribution >= 0.6 is 0 Å². The Kier molecular flexibility index (Phi) is 7.98. The average Bonchev–Trinajstić information content (AvgIpc) is 2.79. The van der Waals surface area contributed by atoms with E-state index in [1.807, 2.05) is 0 Å². The lowest BCUT2D eigenvalue weighted by Gasteiger charge is -2.36. The van der Waals surface area contributed by atoms with Crippen molar-refractivity contribution in [3.05, 3.63) is 65.7 Å². The Bertz CT molecular complexity index is 1110. The van der Waals surface area contributed by atoms with Gasteiger partial charge in [-0.25, -0.2) is 8.42 Å². The number of amides is 2. The summed E-state index contributed by atoms with van der Waals surface area (Å²) in [6.45, 7) is 1.68. The molecule has 1 aliphatic heterocycles. The van der Waals surface area contributed by atoms with Gasteiger partial charge in [0.05, 0.1) is 29.3 Å². The van der Waals surface area contributed by atoms with Gasteiger partial charge in [-0.1, -0.05) is 42.5 Å². The first-order valence-electron chi connectivity index (χ1n) is 10.8.